The molecule has 2 nitrogen and oxygen atoms in total. The summed E-state index contributed by atoms with van der Waals surface area (Å²) in [5.41, 5.74) is 0. The van der Waals surface area contributed by atoms with E-state index in [0.717, 1.165) is 11.8 Å². The lowest BCUT2D eigenvalue weighted by molar-refractivity contribution is 0.681. The average Bonchev–Trinajstić information content (AvgIpc) is 2.68. The van der Waals surface area contributed by atoms with Crippen molar-refractivity contribution in [2.24, 2.45) is 0 Å². The van der Waals surface area contributed by atoms with Crippen molar-refractivity contribution < 1.29 is 0 Å². The SMILES string of the molecule is CCn1ccnc1SC1CC1. The van der Waals surface area contributed by atoms with E-state index < -0.39 is 0 Å². The summed E-state index contributed by atoms with van der Waals surface area (Å²) < 4.78 is 2.20. The molecule has 0 spiro atoms. The fourth-order valence-electron chi connectivity index (χ4n) is 0.989. The Hall–Kier alpha value is -0.440. The minimum atomic E-state index is 0.864. The third-order valence-corrected chi connectivity index (χ3v) is 3.17. The highest BCUT2D eigenvalue weighted by Crippen LogP contribution is 2.38. The maximum Gasteiger partial charge on any atom is 0.168 e. The average molecular weight is 168 g/mol. The largest absolute Gasteiger partial charge is 0.326 e. The topological polar surface area (TPSA) is 17.8 Å². The Morgan fingerprint density at radius 1 is 1.73 bits per heavy atom. The first-order valence-corrected chi connectivity index (χ1v) is 4.96. The van der Waals surface area contributed by atoms with Gasteiger partial charge in [-0.25, -0.2) is 4.98 Å². The number of rotatable bonds is 3. The van der Waals surface area contributed by atoms with Crippen LogP contribution < -0.4 is 0 Å². The molecule has 0 radical (unpaired) electrons. The summed E-state index contributed by atoms with van der Waals surface area (Å²) in [4.78, 5) is 4.29. The second-order valence-corrected chi connectivity index (χ2v) is 4.08. The van der Waals surface area contributed by atoms with Crippen LogP contribution in [0.25, 0.3) is 0 Å². The molecule has 1 heterocycles. The van der Waals surface area contributed by atoms with Crippen molar-refractivity contribution in [3.63, 3.8) is 0 Å². The van der Waals surface area contributed by atoms with Gasteiger partial charge < -0.3 is 4.57 Å². The molecule has 60 valence electrons. The molecule has 1 fully saturated rings. The van der Waals surface area contributed by atoms with E-state index in [1.807, 2.05) is 24.2 Å². The number of nitrogens with zero attached hydrogens (tertiary/aromatic N) is 2. The summed E-state index contributed by atoms with van der Waals surface area (Å²) in [5, 5.41) is 2.05. The maximum absolute atomic E-state index is 4.29. The van der Waals surface area contributed by atoms with Gasteiger partial charge in [-0.15, -0.1) is 0 Å². The van der Waals surface area contributed by atoms with E-state index in [2.05, 4.69) is 16.5 Å². The lowest BCUT2D eigenvalue weighted by Gasteiger charge is -2.01. The second-order valence-electron chi connectivity index (χ2n) is 2.81. The molecule has 0 bridgehead atoms. The van der Waals surface area contributed by atoms with Gasteiger partial charge >= 0.3 is 0 Å². The molecule has 0 aliphatic heterocycles. The highest BCUT2D eigenvalue weighted by Gasteiger charge is 2.24. The first kappa shape index (κ1) is 7.22. The molecule has 1 aromatic rings. The Labute approximate surface area is 71.0 Å². The van der Waals surface area contributed by atoms with Gasteiger partial charge in [0.15, 0.2) is 5.16 Å². The summed E-state index contributed by atoms with van der Waals surface area (Å²) in [6, 6.07) is 0. The molecule has 0 amide bonds. The van der Waals surface area contributed by atoms with Crippen molar-refractivity contribution in [3.05, 3.63) is 12.4 Å². The van der Waals surface area contributed by atoms with Crippen molar-refractivity contribution in [1.82, 2.24) is 9.55 Å². The van der Waals surface area contributed by atoms with Crippen LogP contribution in [0.15, 0.2) is 17.6 Å². The van der Waals surface area contributed by atoms with E-state index in [1.165, 1.54) is 18.0 Å². The minimum Gasteiger partial charge on any atom is -0.326 e. The number of aromatic nitrogens is 2. The molecule has 0 aromatic carbocycles. The molecule has 11 heavy (non-hydrogen) atoms. The summed E-state index contributed by atoms with van der Waals surface area (Å²) >= 11 is 1.92. The third-order valence-electron chi connectivity index (χ3n) is 1.81. The van der Waals surface area contributed by atoms with Crippen LogP contribution in [0.5, 0.6) is 0 Å². The van der Waals surface area contributed by atoms with E-state index in [4.69, 9.17) is 0 Å². The smallest absolute Gasteiger partial charge is 0.168 e. The van der Waals surface area contributed by atoms with Crippen LogP contribution in [0.3, 0.4) is 0 Å². The number of hydrogen-bond donors (Lipinski definition) is 0. The van der Waals surface area contributed by atoms with Crippen molar-refractivity contribution in [2.75, 3.05) is 0 Å². The monoisotopic (exact) mass is 168 g/mol. The molecule has 2 rings (SSSR count). The Morgan fingerprint density at radius 2 is 2.55 bits per heavy atom. The minimum absolute atomic E-state index is 0.864. The lowest BCUT2D eigenvalue weighted by atomic mass is 10.7. The van der Waals surface area contributed by atoms with E-state index in [0.29, 0.717) is 0 Å². The molecule has 0 saturated heterocycles. The van der Waals surface area contributed by atoms with E-state index in [9.17, 15) is 0 Å². The van der Waals surface area contributed by atoms with Crippen LogP contribution in [0.4, 0.5) is 0 Å². The van der Waals surface area contributed by atoms with Gasteiger partial charge in [0.05, 0.1) is 0 Å². The molecule has 1 aromatic heterocycles. The number of thioether (sulfide) groups is 1. The van der Waals surface area contributed by atoms with Crippen LogP contribution >= 0.6 is 11.8 Å². The predicted octanol–water partition coefficient (Wildman–Crippen LogP) is 2.16. The van der Waals surface area contributed by atoms with Gasteiger partial charge in [0.1, 0.15) is 0 Å². The molecular formula is C8H12N2S. The van der Waals surface area contributed by atoms with Crippen molar-refractivity contribution in [1.29, 1.82) is 0 Å². The van der Waals surface area contributed by atoms with Crippen LogP contribution in [-0.2, 0) is 6.54 Å². The maximum atomic E-state index is 4.29. The van der Waals surface area contributed by atoms with E-state index in [-0.39, 0.29) is 0 Å². The molecule has 0 N–H and O–H groups in total. The zero-order valence-corrected chi connectivity index (χ0v) is 7.47. The van der Waals surface area contributed by atoms with Crippen LogP contribution in [0, 0.1) is 0 Å². The highest BCUT2D eigenvalue weighted by molar-refractivity contribution is 8.00. The fraction of sp³-hybridized carbons (Fsp3) is 0.625. The van der Waals surface area contributed by atoms with Crippen molar-refractivity contribution in [3.8, 4) is 0 Å². The second kappa shape index (κ2) is 2.89. The van der Waals surface area contributed by atoms with Crippen molar-refractivity contribution >= 4 is 11.8 Å². The Kier molecular flexibility index (Phi) is 1.90. The van der Waals surface area contributed by atoms with Crippen molar-refractivity contribution in [2.45, 2.75) is 36.7 Å². The fourth-order valence-corrected chi connectivity index (χ4v) is 2.11. The first-order chi connectivity index (χ1) is 5.40. The first-order valence-electron chi connectivity index (χ1n) is 4.08. The normalized spacial score (nSPS) is 17.2. The van der Waals surface area contributed by atoms with E-state index >= 15 is 0 Å². The van der Waals surface area contributed by atoms with Gasteiger partial charge in [0.2, 0.25) is 0 Å². The van der Waals surface area contributed by atoms with Gasteiger partial charge in [-0.2, -0.15) is 0 Å². The number of aryl methyl sites for hydroxylation is 1. The molecule has 0 atom stereocenters. The summed E-state index contributed by atoms with van der Waals surface area (Å²) in [6.45, 7) is 3.19. The number of imidazole rings is 1. The Balaban J connectivity index is 2.07. The quantitative estimate of drug-likeness (QED) is 0.688. The third kappa shape index (κ3) is 1.59. The number of hydrogen-bond acceptors (Lipinski definition) is 2. The summed E-state index contributed by atoms with van der Waals surface area (Å²) in [5.74, 6) is 0. The predicted molar refractivity (Wildman–Crippen MR) is 46.8 cm³/mol. The van der Waals surface area contributed by atoms with Gasteiger partial charge in [-0.3, -0.25) is 0 Å². The molecule has 1 aliphatic rings. The lowest BCUT2D eigenvalue weighted by Crippen LogP contribution is -1.94. The van der Waals surface area contributed by atoms with Crippen LogP contribution in [0.1, 0.15) is 19.8 Å². The summed E-state index contributed by atoms with van der Waals surface area (Å²) in [6.07, 6.45) is 6.68. The standard InChI is InChI=1S/C8H12N2S/c1-2-10-6-5-9-8(10)11-7-3-4-7/h5-7H,2-4H2,1H3. The molecule has 0 unspecified atom stereocenters. The molecule has 3 heteroatoms. The zero-order valence-electron chi connectivity index (χ0n) is 6.66. The molecular weight excluding hydrogens is 156 g/mol. The molecule has 1 saturated carbocycles. The van der Waals surface area contributed by atoms with Gasteiger partial charge in [0.25, 0.3) is 0 Å². The molecule has 1 aliphatic carbocycles. The Bertz CT molecular complexity index is 240. The van der Waals surface area contributed by atoms with Gasteiger partial charge in [-0.1, -0.05) is 11.8 Å². The Morgan fingerprint density at radius 3 is 3.18 bits per heavy atom. The highest BCUT2D eigenvalue weighted by atomic mass is 32.2. The zero-order chi connectivity index (χ0) is 7.68. The van der Waals surface area contributed by atoms with Gasteiger partial charge in [0, 0.05) is 24.2 Å². The van der Waals surface area contributed by atoms with E-state index in [1.54, 1.807) is 0 Å². The summed E-state index contributed by atoms with van der Waals surface area (Å²) in [7, 11) is 0. The van der Waals surface area contributed by atoms with Crippen LogP contribution in [0.2, 0.25) is 0 Å². The van der Waals surface area contributed by atoms with Crippen LogP contribution in [-0.4, -0.2) is 14.8 Å². The van der Waals surface area contributed by atoms with Gasteiger partial charge in [-0.05, 0) is 19.8 Å².